The van der Waals surface area contributed by atoms with E-state index in [1.807, 2.05) is 17.8 Å². The molecule has 0 spiro atoms. The molecule has 1 nitrogen and oxygen atoms in total. The van der Waals surface area contributed by atoms with Crippen LogP contribution in [-0.4, -0.2) is 22.7 Å². The fourth-order valence-corrected chi connectivity index (χ4v) is 3.19. The average Bonchev–Trinajstić information content (AvgIpc) is 2.20. The summed E-state index contributed by atoms with van der Waals surface area (Å²) in [5.41, 5.74) is 0. The van der Waals surface area contributed by atoms with Crippen LogP contribution in [0.2, 0.25) is 0 Å². The Labute approximate surface area is 91.6 Å². The number of rotatable bonds is 3. The molecule has 80 valence electrons. The lowest BCUT2D eigenvalue weighted by atomic mass is 10.1. The van der Waals surface area contributed by atoms with Crippen LogP contribution in [0.1, 0.15) is 27.2 Å². The van der Waals surface area contributed by atoms with Crippen LogP contribution >= 0.6 is 11.8 Å². The van der Waals surface area contributed by atoms with Gasteiger partial charge in [0.2, 0.25) is 0 Å². The molecule has 1 rings (SSSR count). The Morgan fingerprint density at radius 3 is 2.71 bits per heavy atom. The van der Waals surface area contributed by atoms with E-state index in [9.17, 15) is 0 Å². The molecule has 0 aliphatic carbocycles. The highest BCUT2D eigenvalue weighted by Crippen LogP contribution is 2.35. The van der Waals surface area contributed by atoms with Crippen LogP contribution in [-0.2, 0) is 4.74 Å². The summed E-state index contributed by atoms with van der Waals surface area (Å²) in [5.74, 6) is 0. The molecule has 3 unspecified atom stereocenters. The van der Waals surface area contributed by atoms with Gasteiger partial charge in [0.15, 0.2) is 0 Å². The molecule has 0 aromatic carbocycles. The number of ether oxygens (including phenoxy) is 1. The van der Waals surface area contributed by atoms with Gasteiger partial charge in [0.05, 0.1) is 12.2 Å². The maximum atomic E-state index is 5.91. The zero-order chi connectivity index (χ0) is 10.6. The Balaban J connectivity index is 2.65. The first-order valence-corrected chi connectivity index (χ1v) is 6.23. The van der Waals surface area contributed by atoms with Crippen molar-refractivity contribution in [3.05, 3.63) is 24.8 Å². The first kappa shape index (κ1) is 11.9. The summed E-state index contributed by atoms with van der Waals surface area (Å²) in [6, 6.07) is 0. The minimum Gasteiger partial charge on any atom is -0.369 e. The predicted octanol–water partition coefficient (Wildman–Crippen LogP) is 3.42. The maximum absolute atomic E-state index is 5.91. The molecule has 1 saturated heterocycles. The van der Waals surface area contributed by atoms with Gasteiger partial charge in [0.1, 0.15) is 0 Å². The van der Waals surface area contributed by atoms with Crippen LogP contribution < -0.4 is 0 Å². The van der Waals surface area contributed by atoms with Crippen LogP contribution in [0.4, 0.5) is 0 Å². The van der Waals surface area contributed by atoms with E-state index in [1.54, 1.807) is 0 Å². The van der Waals surface area contributed by atoms with E-state index in [1.165, 1.54) is 0 Å². The molecule has 2 heteroatoms. The van der Waals surface area contributed by atoms with Gasteiger partial charge in [-0.3, -0.25) is 0 Å². The van der Waals surface area contributed by atoms with Gasteiger partial charge in [-0.05, 0) is 20.3 Å². The molecule has 1 aliphatic rings. The van der Waals surface area contributed by atoms with Crippen molar-refractivity contribution in [3.8, 4) is 0 Å². The summed E-state index contributed by atoms with van der Waals surface area (Å²) < 4.78 is 5.91. The first-order chi connectivity index (χ1) is 6.72. The number of allylic oxidation sites excluding steroid dienone is 1. The Kier molecular flexibility index (Phi) is 4.76. The van der Waals surface area contributed by atoms with Crippen molar-refractivity contribution in [1.82, 2.24) is 0 Å². The van der Waals surface area contributed by atoms with Crippen LogP contribution in [0.3, 0.4) is 0 Å². The predicted molar refractivity (Wildman–Crippen MR) is 64.8 cm³/mol. The van der Waals surface area contributed by atoms with Gasteiger partial charge in [-0.1, -0.05) is 25.2 Å². The highest BCUT2D eigenvalue weighted by Gasteiger charge is 2.32. The third kappa shape index (κ3) is 2.64. The first-order valence-electron chi connectivity index (χ1n) is 5.29. The summed E-state index contributed by atoms with van der Waals surface area (Å²) in [6.07, 6.45) is 7.94. The van der Waals surface area contributed by atoms with Gasteiger partial charge in [0, 0.05) is 10.5 Å². The van der Waals surface area contributed by atoms with Crippen LogP contribution in [0.15, 0.2) is 24.8 Å². The van der Waals surface area contributed by atoms with E-state index in [4.69, 9.17) is 4.74 Å². The minimum atomic E-state index is 0.224. The van der Waals surface area contributed by atoms with Crippen LogP contribution in [0.5, 0.6) is 0 Å². The fourth-order valence-electron chi connectivity index (χ4n) is 1.73. The van der Waals surface area contributed by atoms with Crippen LogP contribution in [0, 0.1) is 0 Å². The van der Waals surface area contributed by atoms with Gasteiger partial charge >= 0.3 is 0 Å². The lowest BCUT2D eigenvalue weighted by Crippen LogP contribution is -2.39. The van der Waals surface area contributed by atoms with Crippen molar-refractivity contribution in [2.45, 2.75) is 49.9 Å². The van der Waals surface area contributed by atoms with E-state index < -0.39 is 0 Å². The van der Waals surface area contributed by atoms with Gasteiger partial charge in [-0.2, -0.15) is 0 Å². The standard InChI is InChI=1S/C12H20OS/c1-5-8-12-9(4)13-10(6-2)11(7-3)14-12/h5-6,8-12H,2,7H2,1,3-4H3/b8-5-/t9-,10?,11?,12?/m0/s1. The Morgan fingerprint density at radius 1 is 1.50 bits per heavy atom. The topological polar surface area (TPSA) is 9.23 Å². The maximum Gasteiger partial charge on any atom is 0.0876 e. The minimum absolute atomic E-state index is 0.224. The molecule has 1 heterocycles. The van der Waals surface area contributed by atoms with Gasteiger partial charge in [-0.25, -0.2) is 0 Å². The molecular formula is C12H20OS. The number of hydrogen-bond acceptors (Lipinski definition) is 2. The normalized spacial score (nSPS) is 38.8. The molecule has 0 amide bonds. The van der Waals surface area contributed by atoms with Gasteiger partial charge in [-0.15, -0.1) is 18.3 Å². The summed E-state index contributed by atoms with van der Waals surface area (Å²) in [4.78, 5) is 0. The molecule has 4 atom stereocenters. The number of thioether (sulfide) groups is 1. The van der Waals surface area contributed by atoms with Crippen molar-refractivity contribution in [2.24, 2.45) is 0 Å². The summed E-state index contributed by atoms with van der Waals surface area (Å²) in [7, 11) is 0. The van der Waals surface area contributed by atoms with Gasteiger partial charge in [0.25, 0.3) is 0 Å². The molecule has 0 aromatic rings. The third-order valence-corrected chi connectivity index (χ3v) is 4.36. The monoisotopic (exact) mass is 212 g/mol. The summed E-state index contributed by atoms with van der Waals surface area (Å²) in [6.45, 7) is 10.2. The molecule has 0 saturated carbocycles. The molecule has 1 fully saturated rings. The second-order valence-corrected chi connectivity index (χ2v) is 5.04. The highest BCUT2D eigenvalue weighted by atomic mass is 32.2. The number of hydrogen-bond donors (Lipinski definition) is 0. The van der Waals surface area contributed by atoms with Crippen LogP contribution in [0.25, 0.3) is 0 Å². The quantitative estimate of drug-likeness (QED) is 0.663. The smallest absolute Gasteiger partial charge is 0.0876 e. The highest BCUT2D eigenvalue weighted by molar-refractivity contribution is 8.00. The molecule has 0 radical (unpaired) electrons. The Bertz CT molecular complexity index is 212. The Morgan fingerprint density at radius 2 is 2.21 bits per heavy atom. The second-order valence-electron chi connectivity index (χ2n) is 3.61. The van der Waals surface area contributed by atoms with E-state index >= 15 is 0 Å². The summed E-state index contributed by atoms with van der Waals surface area (Å²) in [5, 5.41) is 1.06. The largest absolute Gasteiger partial charge is 0.369 e. The van der Waals surface area contributed by atoms with E-state index in [2.05, 4.69) is 39.5 Å². The van der Waals surface area contributed by atoms with Gasteiger partial charge < -0.3 is 4.74 Å². The van der Waals surface area contributed by atoms with E-state index in [-0.39, 0.29) is 6.10 Å². The third-order valence-electron chi connectivity index (χ3n) is 2.55. The van der Waals surface area contributed by atoms with Crippen molar-refractivity contribution in [1.29, 1.82) is 0 Å². The zero-order valence-electron chi connectivity index (χ0n) is 9.27. The fraction of sp³-hybridized carbons (Fsp3) is 0.667. The molecule has 1 aliphatic heterocycles. The van der Waals surface area contributed by atoms with Crippen molar-refractivity contribution >= 4 is 11.8 Å². The van der Waals surface area contributed by atoms with Crippen molar-refractivity contribution in [2.75, 3.05) is 0 Å². The molecular weight excluding hydrogens is 192 g/mol. The second kappa shape index (κ2) is 5.62. The summed E-state index contributed by atoms with van der Waals surface area (Å²) >= 11 is 2.01. The molecule has 14 heavy (non-hydrogen) atoms. The van der Waals surface area contributed by atoms with E-state index in [0.717, 1.165) is 6.42 Å². The molecule has 0 N–H and O–H groups in total. The van der Waals surface area contributed by atoms with Crippen molar-refractivity contribution in [3.63, 3.8) is 0 Å². The zero-order valence-corrected chi connectivity index (χ0v) is 10.1. The molecule has 0 bridgehead atoms. The average molecular weight is 212 g/mol. The SMILES string of the molecule is C=CC1O[C@@H](C)C(/C=C\C)SC1CC. The molecule has 0 aromatic heterocycles. The lowest BCUT2D eigenvalue weighted by Gasteiger charge is -2.37. The Hall–Kier alpha value is -0.210. The lowest BCUT2D eigenvalue weighted by molar-refractivity contribution is 0.0194. The van der Waals surface area contributed by atoms with Crippen molar-refractivity contribution < 1.29 is 4.74 Å². The van der Waals surface area contributed by atoms with E-state index in [0.29, 0.717) is 16.6 Å².